The van der Waals surface area contributed by atoms with Crippen LogP contribution in [0.4, 0.5) is 37.5 Å². The molecule has 1 aromatic heterocycles. The van der Waals surface area contributed by atoms with E-state index >= 15 is 0 Å². The van der Waals surface area contributed by atoms with E-state index in [4.69, 9.17) is 14.3 Å². The second kappa shape index (κ2) is 10.1. The number of hydrogen-bond acceptors (Lipinski definition) is 9. The monoisotopic (exact) mass is 536 g/mol. The summed E-state index contributed by atoms with van der Waals surface area (Å²) in [6.45, 7) is 5.25. The van der Waals surface area contributed by atoms with Gasteiger partial charge in [0.15, 0.2) is 5.82 Å². The highest BCUT2D eigenvalue weighted by Crippen LogP contribution is 2.44. The first-order valence-corrected chi connectivity index (χ1v) is 12.4. The topological polar surface area (TPSA) is 101 Å². The molecule has 3 aliphatic heterocycles. The van der Waals surface area contributed by atoms with Gasteiger partial charge < -0.3 is 25.0 Å². The first kappa shape index (κ1) is 25.0. The van der Waals surface area contributed by atoms with Crippen LogP contribution in [0.2, 0.25) is 0 Å². The molecule has 0 bridgehead atoms. The lowest BCUT2D eigenvalue weighted by Gasteiger charge is -2.56. The van der Waals surface area contributed by atoms with Crippen molar-refractivity contribution in [2.75, 3.05) is 47.5 Å². The Morgan fingerprint density at radius 1 is 1.21 bits per heavy atom. The normalized spacial score (nSPS) is 21.5. The first-order valence-electron chi connectivity index (χ1n) is 12.4. The number of carbonyl (C=O) groups excluding carboxylic acids is 1. The van der Waals surface area contributed by atoms with E-state index in [1.54, 1.807) is 19.2 Å². The van der Waals surface area contributed by atoms with E-state index in [0.717, 1.165) is 18.3 Å². The summed E-state index contributed by atoms with van der Waals surface area (Å²) in [6.07, 6.45) is 3.27. The molecule has 0 radical (unpaired) electrons. The molecule has 10 nitrogen and oxygen atoms in total. The molecule has 2 N–H and O–H groups in total. The van der Waals surface area contributed by atoms with Crippen LogP contribution in [-0.2, 0) is 14.4 Å². The van der Waals surface area contributed by atoms with E-state index in [2.05, 4.69) is 32.1 Å². The lowest BCUT2D eigenvalue weighted by Crippen LogP contribution is -2.71. The van der Waals surface area contributed by atoms with E-state index in [-0.39, 0.29) is 18.1 Å². The van der Waals surface area contributed by atoms with Gasteiger partial charge in [0, 0.05) is 36.7 Å². The second-order valence-electron chi connectivity index (χ2n) is 9.37. The van der Waals surface area contributed by atoms with E-state index in [9.17, 15) is 13.6 Å². The predicted octanol–water partition coefficient (Wildman–Crippen LogP) is 4.10. The third-order valence-corrected chi connectivity index (χ3v) is 7.13. The van der Waals surface area contributed by atoms with Crippen LogP contribution in [0.1, 0.15) is 18.0 Å². The van der Waals surface area contributed by atoms with Crippen LogP contribution in [0, 0.1) is 11.6 Å². The Morgan fingerprint density at radius 2 is 2.08 bits per heavy atom. The molecular weight excluding hydrogens is 510 g/mol. The van der Waals surface area contributed by atoms with E-state index in [1.165, 1.54) is 29.6 Å². The van der Waals surface area contributed by atoms with Gasteiger partial charge in [-0.25, -0.2) is 23.8 Å². The van der Waals surface area contributed by atoms with Gasteiger partial charge in [-0.1, -0.05) is 12.6 Å². The summed E-state index contributed by atoms with van der Waals surface area (Å²) in [5.74, 6) is -0.293. The quantitative estimate of drug-likeness (QED) is 0.412. The number of morpholine rings is 1. The molecule has 12 heteroatoms. The van der Waals surface area contributed by atoms with E-state index in [1.807, 2.05) is 6.07 Å². The molecule has 1 amide bonds. The Kier molecular flexibility index (Phi) is 6.49. The number of hydroxylamine groups is 1. The number of nitrogens with zero attached hydrogens (tertiary/aromatic N) is 4. The van der Waals surface area contributed by atoms with Crippen molar-refractivity contribution >= 4 is 34.6 Å². The molecule has 6 rings (SSSR count). The molecule has 3 aliphatic rings. The van der Waals surface area contributed by atoms with Crippen molar-refractivity contribution in [3.8, 4) is 5.75 Å². The highest BCUT2D eigenvalue weighted by atomic mass is 19.1. The Bertz CT molecular complexity index is 1440. The zero-order valence-corrected chi connectivity index (χ0v) is 21.1. The number of amides is 1. The number of aromatic nitrogens is 2. The Hall–Kier alpha value is -4.29. The maximum Gasteiger partial charge on any atom is 0.247 e. The van der Waals surface area contributed by atoms with Gasteiger partial charge in [0.05, 0.1) is 55.6 Å². The summed E-state index contributed by atoms with van der Waals surface area (Å²) in [5.41, 5.74) is 2.26. The molecule has 4 heterocycles. The van der Waals surface area contributed by atoms with Gasteiger partial charge >= 0.3 is 0 Å². The van der Waals surface area contributed by atoms with E-state index < -0.39 is 17.7 Å². The van der Waals surface area contributed by atoms with Crippen molar-refractivity contribution in [3.05, 3.63) is 72.6 Å². The predicted molar refractivity (Wildman–Crippen MR) is 140 cm³/mol. The smallest absolute Gasteiger partial charge is 0.247 e. The van der Waals surface area contributed by atoms with E-state index in [0.29, 0.717) is 54.0 Å². The molecule has 202 valence electrons. The number of hydrogen-bond donors (Lipinski definition) is 2. The van der Waals surface area contributed by atoms with Crippen molar-refractivity contribution in [2.45, 2.75) is 24.6 Å². The van der Waals surface area contributed by atoms with Crippen LogP contribution in [0.25, 0.3) is 0 Å². The van der Waals surface area contributed by atoms with Crippen LogP contribution >= 0.6 is 0 Å². The van der Waals surface area contributed by atoms with Gasteiger partial charge in [0.1, 0.15) is 29.5 Å². The number of benzene rings is 2. The standard InChI is InChI=1S/C27H26F2N6O4/c1-3-27(36)33-18-9-19(23(37-2)10-21(18)34-12-24-22(34)13-38-24)32-25-11-26(31-14-30-25)35-20(6-7-39-35)16-5-4-15(28)8-17(16)29/h3-5,8-11,14,20,22,24H,1,6-7,12-13H2,2H3,(H,33,36)(H,30,31,32)/t20-,22?,24?/m1/s1. The van der Waals surface area contributed by atoms with Crippen molar-refractivity contribution in [1.82, 2.24) is 9.97 Å². The molecule has 0 saturated carbocycles. The van der Waals surface area contributed by atoms with Crippen LogP contribution in [-0.4, -0.2) is 54.9 Å². The van der Waals surface area contributed by atoms with Crippen molar-refractivity contribution in [1.29, 1.82) is 0 Å². The number of fused-ring (bicyclic) bond motifs is 1. The highest BCUT2D eigenvalue weighted by molar-refractivity contribution is 6.02. The molecule has 39 heavy (non-hydrogen) atoms. The molecule has 3 fully saturated rings. The van der Waals surface area contributed by atoms with Gasteiger partial charge in [0.25, 0.3) is 0 Å². The van der Waals surface area contributed by atoms with Crippen LogP contribution in [0.15, 0.2) is 55.4 Å². The maximum atomic E-state index is 14.5. The number of carbonyl (C=O) groups is 1. The molecule has 2 aromatic carbocycles. The Morgan fingerprint density at radius 3 is 2.77 bits per heavy atom. The number of halogens is 2. The molecular formula is C27H26F2N6O4. The summed E-state index contributed by atoms with van der Waals surface area (Å²) in [6, 6.07) is 8.55. The number of rotatable bonds is 8. The average molecular weight is 537 g/mol. The van der Waals surface area contributed by atoms with Gasteiger partial charge in [-0.05, 0) is 18.2 Å². The van der Waals surface area contributed by atoms with Crippen molar-refractivity contribution in [3.63, 3.8) is 0 Å². The molecule has 0 aliphatic carbocycles. The summed E-state index contributed by atoms with van der Waals surface area (Å²) < 4.78 is 39.2. The summed E-state index contributed by atoms with van der Waals surface area (Å²) in [5, 5.41) is 7.60. The average Bonchev–Trinajstić information content (AvgIpc) is 3.40. The van der Waals surface area contributed by atoms with Crippen LogP contribution in [0.5, 0.6) is 5.75 Å². The molecule has 0 spiro atoms. The summed E-state index contributed by atoms with van der Waals surface area (Å²) in [4.78, 5) is 28.8. The SMILES string of the molecule is C=CC(=O)Nc1cc(Nc2cc(N3OCC[C@@H]3c3ccc(F)cc3F)ncn2)c(OC)cc1N1CC2OCC21. The molecule has 3 atom stereocenters. The highest BCUT2D eigenvalue weighted by Gasteiger charge is 2.48. The summed E-state index contributed by atoms with van der Waals surface area (Å²) >= 11 is 0. The second-order valence-corrected chi connectivity index (χ2v) is 9.37. The lowest BCUT2D eigenvalue weighted by molar-refractivity contribution is -0.113. The van der Waals surface area contributed by atoms with Gasteiger partial charge in [-0.2, -0.15) is 0 Å². The fourth-order valence-electron chi connectivity index (χ4n) is 5.03. The summed E-state index contributed by atoms with van der Waals surface area (Å²) in [7, 11) is 1.56. The zero-order chi connectivity index (χ0) is 27.1. The minimum absolute atomic E-state index is 0.205. The fourth-order valence-corrected chi connectivity index (χ4v) is 5.03. The number of anilines is 5. The van der Waals surface area contributed by atoms with Crippen LogP contribution in [0.3, 0.4) is 0 Å². The van der Waals surface area contributed by atoms with Crippen molar-refractivity contribution < 1.29 is 27.9 Å². The largest absolute Gasteiger partial charge is 0.494 e. The zero-order valence-electron chi connectivity index (χ0n) is 21.1. The molecule has 2 unspecified atom stereocenters. The first-order chi connectivity index (χ1) is 18.9. The minimum Gasteiger partial charge on any atom is -0.494 e. The minimum atomic E-state index is -0.649. The Labute approximate surface area is 223 Å². The van der Waals surface area contributed by atoms with Gasteiger partial charge in [0.2, 0.25) is 5.91 Å². The molecule has 3 saturated heterocycles. The maximum absolute atomic E-state index is 14.5. The third kappa shape index (κ3) is 4.61. The number of methoxy groups -OCH3 is 1. The third-order valence-electron chi connectivity index (χ3n) is 7.13. The number of nitrogens with one attached hydrogen (secondary N) is 2. The van der Waals surface area contributed by atoms with Crippen LogP contribution < -0.4 is 25.3 Å². The fraction of sp³-hybridized carbons (Fsp3) is 0.296. The number of ether oxygens (including phenoxy) is 2. The molecule has 3 aromatic rings. The Balaban J connectivity index is 1.29. The lowest BCUT2D eigenvalue weighted by atomic mass is 9.93. The van der Waals surface area contributed by atoms with Gasteiger partial charge in [-0.3, -0.25) is 9.63 Å². The van der Waals surface area contributed by atoms with Crippen molar-refractivity contribution in [2.24, 2.45) is 0 Å². The van der Waals surface area contributed by atoms with Gasteiger partial charge in [-0.15, -0.1) is 0 Å².